The van der Waals surface area contributed by atoms with E-state index in [4.69, 9.17) is 0 Å². The average molecular weight is 289 g/mol. The Morgan fingerprint density at radius 1 is 1.19 bits per heavy atom. The first-order valence-electron chi connectivity index (χ1n) is 7.69. The van der Waals surface area contributed by atoms with E-state index in [1.807, 2.05) is 11.9 Å². The Balaban J connectivity index is 2.17. The number of likely N-dealkylation sites (N-methyl/N-ethyl adjacent to an activating group) is 1. The van der Waals surface area contributed by atoms with Gasteiger partial charge >= 0.3 is 0 Å². The quantitative estimate of drug-likeness (QED) is 0.927. The first-order chi connectivity index (χ1) is 9.87. The van der Waals surface area contributed by atoms with Gasteiger partial charge in [-0.3, -0.25) is 4.79 Å². The Morgan fingerprint density at radius 3 is 2.62 bits per heavy atom. The monoisotopic (exact) mass is 289 g/mol. The van der Waals surface area contributed by atoms with Gasteiger partial charge in [-0.05, 0) is 38.8 Å². The van der Waals surface area contributed by atoms with E-state index in [0.717, 1.165) is 26.1 Å². The topological polar surface area (TPSA) is 35.6 Å². The van der Waals surface area contributed by atoms with Crippen LogP contribution >= 0.6 is 0 Å². The molecule has 0 radical (unpaired) electrons. The molecule has 21 heavy (non-hydrogen) atoms. The van der Waals surface area contributed by atoms with E-state index in [1.54, 1.807) is 0 Å². The van der Waals surface area contributed by atoms with Gasteiger partial charge in [0.2, 0.25) is 5.91 Å². The Bertz CT molecular complexity index is 493. The Hall–Kier alpha value is -1.55. The van der Waals surface area contributed by atoms with Crippen molar-refractivity contribution in [2.24, 2.45) is 0 Å². The van der Waals surface area contributed by atoms with E-state index >= 15 is 0 Å². The van der Waals surface area contributed by atoms with Crippen molar-refractivity contribution in [1.29, 1.82) is 0 Å². The van der Waals surface area contributed by atoms with Gasteiger partial charge in [0.25, 0.3) is 0 Å². The molecule has 1 aliphatic heterocycles. The molecule has 0 aromatic heterocycles. The first-order valence-corrected chi connectivity index (χ1v) is 7.69. The molecule has 1 aromatic carbocycles. The standard InChI is InChI=1S/C17H27N3O/c1-17(2,3)18-12-14-8-5-6-9-15(14)20-11-7-10-19(4)16(21)13-20/h5-6,8-9,18H,7,10-13H2,1-4H3. The summed E-state index contributed by atoms with van der Waals surface area (Å²) in [6, 6.07) is 8.38. The average Bonchev–Trinajstić information content (AvgIpc) is 2.58. The van der Waals surface area contributed by atoms with E-state index in [9.17, 15) is 4.79 Å². The summed E-state index contributed by atoms with van der Waals surface area (Å²) in [5.41, 5.74) is 2.52. The second-order valence-electron chi connectivity index (χ2n) is 6.82. The summed E-state index contributed by atoms with van der Waals surface area (Å²) >= 11 is 0. The van der Waals surface area contributed by atoms with E-state index in [-0.39, 0.29) is 11.4 Å². The van der Waals surface area contributed by atoms with Crippen LogP contribution in [0.4, 0.5) is 5.69 Å². The van der Waals surface area contributed by atoms with Crippen molar-refractivity contribution >= 4 is 11.6 Å². The van der Waals surface area contributed by atoms with E-state index in [0.29, 0.717) is 6.54 Å². The van der Waals surface area contributed by atoms with Gasteiger partial charge in [-0.1, -0.05) is 18.2 Å². The lowest BCUT2D eigenvalue weighted by Crippen LogP contribution is -2.37. The predicted octanol–water partition coefficient (Wildman–Crippen LogP) is 2.24. The molecule has 116 valence electrons. The van der Waals surface area contributed by atoms with Crippen LogP contribution in [-0.2, 0) is 11.3 Å². The number of hydrogen-bond donors (Lipinski definition) is 1. The molecule has 1 saturated heterocycles. The highest BCUT2D eigenvalue weighted by Crippen LogP contribution is 2.22. The van der Waals surface area contributed by atoms with Crippen LogP contribution in [0.2, 0.25) is 0 Å². The van der Waals surface area contributed by atoms with Crippen LogP contribution in [-0.4, -0.2) is 43.0 Å². The molecule has 1 aromatic rings. The molecule has 0 saturated carbocycles. The molecule has 4 nitrogen and oxygen atoms in total. The lowest BCUT2D eigenvalue weighted by Gasteiger charge is -2.27. The van der Waals surface area contributed by atoms with E-state index in [2.05, 4.69) is 55.3 Å². The number of anilines is 1. The number of nitrogens with zero attached hydrogens (tertiary/aromatic N) is 2. The Morgan fingerprint density at radius 2 is 1.90 bits per heavy atom. The molecule has 1 amide bonds. The number of rotatable bonds is 3. The summed E-state index contributed by atoms with van der Waals surface area (Å²) in [5.74, 6) is 0.200. The van der Waals surface area contributed by atoms with Gasteiger partial charge in [0.05, 0.1) is 6.54 Å². The third kappa shape index (κ3) is 4.46. The third-order valence-corrected chi connectivity index (χ3v) is 3.81. The van der Waals surface area contributed by atoms with Crippen molar-refractivity contribution in [1.82, 2.24) is 10.2 Å². The van der Waals surface area contributed by atoms with Gasteiger partial charge in [0.1, 0.15) is 0 Å². The normalized spacial score (nSPS) is 17.0. The minimum atomic E-state index is 0.0853. The van der Waals surface area contributed by atoms with Gasteiger partial charge in [0.15, 0.2) is 0 Å². The summed E-state index contributed by atoms with van der Waals surface area (Å²) in [6.07, 6.45) is 1.02. The van der Waals surface area contributed by atoms with Gasteiger partial charge in [0, 0.05) is 37.9 Å². The van der Waals surface area contributed by atoms with Crippen LogP contribution in [0.5, 0.6) is 0 Å². The first kappa shape index (κ1) is 15.8. The molecule has 0 bridgehead atoms. The maximum absolute atomic E-state index is 12.1. The molecule has 0 aliphatic carbocycles. The van der Waals surface area contributed by atoms with E-state index < -0.39 is 0 Å². The number of amides is 1. The van der Waals surface area contributed by atoms with Gasteiger partial charge in [-0.2, -0.15) is 0 Å². The van der Waals surface area contributed by atoms with Crippen LogP contribution in [0.15, 0.2) is 24.3 Å². The van der Waals surface area contributed by atoms with E-state index in [1.165, 1.54) is 11.3 Å². The fourth-order valence-corrected chi connectivity index (χ4v) is 2.52. The van der Waals surface area contributed by atoms with Crippen LogP contribution in [0.3, 0.4) is 0 Å². The number of carbonyl (C=O) groups excluding carboxylic acids is 1. The van der Waals surface area contributed by atoms with Crippen molar-refractivity contribution in [2.75, 3.05) is 31.6 Å². The van der Waals surface area contributed by atoms with Crippen molar-refractivity contribution < 1.29 is 4.79 Å². The summed E-state index contributed by atoms with van der Waals surface area (Å²) in [7, 11) is 1.89. The maximum Gasteiger partial charge on any atom is 0.241 e. The molecular formula is C17H27N3O. The lowest BCUT2D eigenvalue weighted by molar-refractivity contribution is -0.127. The smallest absolute Gasteiger partial charge is 0.241 e. The number of para-hydroxylation sites is 1. The highest BCUT2D eigenvalue weighted by molar-refractivity contribution is 5.82. The van der Waals surface area contributed by atoms with Crippen LogP contribution in [0.1, 0.15) is 32.8 Å². The van der Waals surface area contributed by atoms with Crippen molar-refractivity contribution in [3.05, 3.63) is 29.8 Å². The summed E-state index contributed by atoms with van der Waals surface area (Å²) < 4.78 is 0. The predicted molar refractivity (Wildman–Crippen MR) is 87.5 cm³/mol. The largest absolute Gasteiger partial charge is 0.362 e. The molecule has 1 heterocycles. The molecular weight excluding hydrogens is 262 g/mol. The zero-order valence-electron chi connectivity index (χ0n) is 13.6. The number of hydrogen-bond acceptors (Lipinski definition) is 3. The highest BCUT2D eigenvalue weighted by atomic mass is 16.2. The summed E-state index contributed by atoms with van der Waals surface area (Å²) in [6.45, 7) is 9.57. The Labute approximate surface area is 128 Å². The molecule has 1 N–H and O–H groups in total. The Kier molecular flexibility index (Phi) is 4.88. The molecule has 0 atom stereocenters. The summed E-state index contributed by atoms with van der Waals surface area (Å²) in [5, 5.41) is 3.53. The van der Waals surface area contributed by atoms with Gasteiger partial charge in [-0.15, -0.1) is 0 Å². The fraction of sp³-hybridized carbons (Fsp3) is 0.588. The van der Waals surface area contributed by atoms with Crippen molar-refractivity contribution in [3.8, 4) is 0 Å². The number of nitrogens with one attached hydrogen (secondary N) is 1. The maximum atomic E-state index is 12.1. The zero-order chi connectivity index (χ0) is 15.5. The summed E-state index contributed by atoms with van der Waals surface area (Å²) in [4.78, 5) is 16.1. The van der Waals surface area contributed by atoms with Gasteiger partial charge in [-0.25, -0.2) is 0 Å². The van der Waals surface area contributed by atoms with Crippen LogP contribution in [0.25, 0.3) is 0 Å². The second-order valence-corrected chi connectivity index (χ2v) is 6.82. The highest BCUT2D eigenvalue weighted by Gasteiger charge is 2.21. The molecule has 0 spiro atoms. The fourth-order valence-electron chi connectivity index (χ4n) is 2.52. The minimum absolute atomic E-state index is 0.0853. The van der Waals surface area contributed by atoms with Crippen molar-refractivity contribution in [3.63, 3.8) is 0 Å². The SMILES string of the molecule is CN1CCCN(c2ccccc2CNC(C)(C)C)CC1=O. The number of carbonyl (C=O) groups is 1. The molecule has 1 aliphatic rings. The third-order valence-electron chi connectivity index (χ3n) is 3.81. The molecule has 2 rings (SSSR count). The zero-order valence-corrected chi connectivity index (χ0v) is 13.6. The second kappa shape index (κ2) is 6.48. The lowest BCUT2D eigenvalue weighted by atomic mass is 10.1. The minimum Gasteiger partial charge on any atom is -0.362 e. The molecule has 1 fully saturated rings. The van der Waals surface area contributed by atoms with Gasteiger partial charge < -0.3 is 15.1 Å². The molecule has 4 heteroatoms. The van der Waals surface area contributed by atoms with Crippen LogP contribution < -0.4 is 10.2 Å². The van der Waals surface area contributed by atoms with Crippen LogP contribution in [0, 0.1) is 0 Å². The van der Waals surface area contributed by atoms with Crippen molar-refractivity contribution in [2.45, 2.75) is 39.3 Å². The number of benzene rings is 1. The molecule has 0 unspecified atom stereocenters.